The van der Waals surface area contributed by atoms with E-state index in [1.54, 1.807) is 39.0 Å². The van der Waals surface area contributed by atoms with Gasteiger partial charge in [-0.2, -0.15) is 0 Å². The van der Waals surface area contributed by atoms with Crippen LogP contribution < -0.4 is 4.52 Å². The first-order valence-electron chi connectivity index (χ1n) is 4.54. The monoisotopic (exact) mass is 232 g/mol. The molecule has 0 radical (unpaired) electrons. The van der Waals surface area contributed by atoms with Gasteiger partial charge >= 0.3 is 7.91 Å². The van der Waals surface area contributed by atoms with E-state index in [1.165, 1.54) is 12.1 Å². The highest BCUT2D eigenvalue weighted by molar-refractivity contribution is 7.48. The van der Waals surface area contributed by atoms with Gasteiger partial charge in [0.15, 0.2) is 0 Å². The third kappa shape index (κ3) is 4.96. The lowest BCUT2D eigenvalue weighted by atomic mass is 10.2. The average molecular weight is 232 g/mol. The summed E-state index contributed by atoms with van der Waals surface area (Å²) < 4.78 is 34.0. The van der Waals surface area contributed by atoms with Gasteiger partial charge in [0.05, 0.1) is 5.60 Å². The zero-order valence-corrected chi connectivity index (χ0v) is 9.83. The minimum absolute atomic E-state index is 0.188. The Morgan fingerprint density at radius 1 is 1.20 bits per heavy atom. The molecule has 1 unspecified atom stereocenters. The van der Waals surface area contributed by atoms with Crippen LogP contribution in [0, 0.1) is 0 Å². The SMILES string of the molecule is CC(C)(C)OP(=O)(F)Oc1ccccc1. The molecule has 0 aliphatic carbocycles. The fraction of sp³-hybridized carbons (Fsp3) is 0.400. The van der Waals surface area contributed by atoms with E-state index >= 15 is 0 Å². The van der Waals surface area contributed by atoms with Crippen molar-refractivity contribution in [2.24, 2.45) is 0 Å². The van der Waals surface area contributed by atoms with Crippen LogP contribution in [-0.4, -0.2) is 5.60 Å². The Balaban J connectivity index is 2.69. The largest absolute Gasteiger partial charge is 0.570 e. The number of benzene rings is 1. The van der Waals surface area contributed by atoms with Crippen molar-refractivity contribution in [2.75, 3.05) is 0 Å². The minimum Gasteiger partial charge on any atom is -0.401 e. The van der Waals surface area contributed by atoms with Gasteiger partial charge in [-0.25, -0.2) is 4.57 Å². The Bertz CT molecular complexity index is 359. The molecule has 1 atom stereocenters. The lowest BCUT2D eigenvalue weighted by Crippen LogP contribution is -2.17. The summed E-state index contributed by atoms with van der Waals surface area (Å²) in [4.78, 5) is 0. The van der Waals surface area contributed by atoms with Crippen molar-refractivity contribution >= 4 is 7.91 Å². The molecule has 0 heterocycles. The topological polar surface area (TPSA) is 35.5 Å². The summed E-state index contributed by atoms with van der Waals surface area (Å²) in [5.41, 5.74) is -0.848. The quantitative estimate of drug-likeness (QED) is 0.740. The molecule has 0 aliphatic heterocycles. The lowest BCUT2D eigenvalue weighted by molar-refractivity contribution is 0.0981. The third-order valence-corrected chi connectivity index (χ3v) is 2.54. The molecule has 0 aromatic heterocycles. The standard InChI is InChI=1S/C10H14FO3P/c1-10(2,3)14-15(11,12)13-9-7-5-4-6-8-9/h4-8H,1-3H3. The van der Waals surface area contributed by atoms with Gasteiger partial charge in [-0.3, -0.25) is 4.52 Å². The van der Waals surface area contributed by atoms with Crippen LogP contribution in [0.5, 0.6) is 5.75 Å². The molecule has 15 heavy (non-hydrogen) atoms. The van der Waals surface area contributed by atoms with Crippen molar-refractivity contribution in [3.05, 3.63) is 30.3 Å². The van der Waals surface area contributed by atoms with E-state index in [4.69, 9.17) is 4.52 Å². The van der Waals surface area contributed by atoms with Crippen LogP contribution in [0.1, 0.15) is 20.8 Å². The Labute approximate surface area is 88.9 Å². The van der Waals surface area contributed by atoms with Crippen LogP contribution in [0.2, 0.25) is 0 Å². The third-order valence-electron chi connectivity index (χ3n) is 1.34. The molecular weight excluding hydrogens is 218 g/mol. The second-order valence-corrected chi connectivity index (χ2v) is 5.27. The molecule has 1 rings (SSSR count). The normalized spacial score (nSPS) is 15.7. The highest BCUT2D eigenvalue weighted by Gasteiger charge is 2.32. The fourth-order valence-corrected chi connectivity index (χ4v) is 2.02. The Hall–Kier alpha value is -0.860. The van der Waals surface area contributed by atoms with Crippen LogP contribution in [-0.2, 0) is 9.09 Å². The molecule has 84 valence electrons. The summed E-state index contributed by atoms with van der Waals surface area (Å²) in [5, 5.41) is 0. The molecule has 0 aliphatic rings. The van der Waals surface area contributed by atoms with Crippen molar-refractivity contribution in [1.82, 2.24) is 0 Å². The first-order valence-corrected chi connectivity index (χ1v) is 5.97. The van der Waals surface area contributed by atoms with Crippen LogP contribution in [0.15, 0.2) is 30.3 Å². The Morgan fingerprint density at radius 3 is 2.20 bits per heavy atom. The van der Waals surface area contributed by atoms with E-state index in [-0.39, 0.29) is 5.75 Å². The predicted octanol–water partition coefficient (Wildman–Crippen LogP) is 3.96. The van der Waals surface area contributed by atoms with Gasteiger partial charge in [-0.15, -0.1) is 4.20 Å². The smallest absolute Gasteiger partial charge is 0.401 e. The molecule has 0 spiro atoms. The second-order valence-electron chi connectivity index (χ2n) is 4.04. The number of halogens is 1. The maximum absolute atomic E-state index is 13.4. The highest BCUT2D eigenvalue weighted by Crippen LogP contribution is 2.52. The summed E-state index contributed by atoms with van der Waals surface area (Å²) >= 11 is 0. The summed E-state index contributed by atoms with van der Waals surface area (Å²) in [6.45, 7) is 4.81. The molecule has 1 aromatic carbocycles. The molecular formula is C10H14FO3P. The average Bonchev–Trinajstić information content (AvgIpc) is 1.99. The number of hydrogen-bond donors (Lipinski definition) is 0. The van der Waals surface area contributed by atoms with E-state index < -0.39 is 13.5 Å². The van der Waals surface area contributed by atoms with Crippen molar-refractivity contribution in [3.63, 3.8) is 0 Å². The zero-order valence-electron chi connectivity index (χ0n) is 8.94. The van der Waals surface area contributed by atoms with E-state index in [0.29, 0.717) is 0 Å². The summed E-state index contributed by atoms with van der Waals surface area (Å²) in [6, 6.07) is 8.09. The van der Waals surface area contributed by atoms with Gasteiger partial charge in [-0.05, 0) is 32.9 Å². The van der Waals surface area contributed by atoms with Gasteiger partial charge in [0.2, 0.25) is 0 Å². The van der Waals surface area contributed by atoms with E-state index in [0.717, 1.165) is 0 Å². The number of hydrogen-bond acceptors (Lipinski definition) is 3. The van der Waals surface area contributed by atoms with Crippen molar-refractivity contribution in [2.45, 2.75) is 26.4 Å². The number of rotatable bonds is 3. The molecule has 0 saturated carbocycles. The molecule has 0 fully saturated rings. The Kier molecular flexibility index (Phi) is 3.53. The first-order chi connectivity index (χ1) is 6.79. The van der Waals surface area contributed by atoms with E-state index in [1.807, 2.05) is 0 Å². The summed E-state index contributed by atoms with van der Waals surface area (Å²) in [6.07, 6.45) is 0. The summed E-state index contributed by atoms with van der Waals surface area (Å²) in [7, 11) is -4.54. The molecule has 0 N–H and O–H groups in total. The van der Waals surface area contributed by atoms with Crippen molar-refractivity contribution in [3.8, 4) is 5.75 Å². The molecule has 3 nitrogen and oxygen atoms in total. The maximum atomic E-state index is 13.4. The predicted molar refractivity (Wildman–Crippen MR) is 56.6 cm³/mol. The van der Waals surface area contributed by atoms with Gasteiger partial charge in [0.25, 0.3) is 0 Å². The second kappa shape index (κ2) is 4.33. The molecule has 0 bridgehead atoms. The lowest BCUT2D eigenvalue weighted by Gasteiger charge is -2.21. The fourth-order valence-electron chi connectivity index (χ4n) is 0.953. The number of para-hydroxylation sites is 1. The highest BCUT2D eigenvalue weighted by atomic mass is 31.2. The van der Waals surface area contributed by atoms with Gasteiger partial charge in [0.1, 0.15) is 5.75 Å². The van der Waals surface area contributed by atoms with E-state index in [2.05, 4.69) is 4.52 Å². The van der Waals surface area contributed by atoms with Crippen LogP contribution in [0.25, 0.3) is 0 Å². The van der Waals surface area contributed by atoms with E-state index in [9.17, 15) is 8.76 Å². The van der Waals surface area contributed by atoms with Crippen LogP contribution in [0.3, 0.4) is 0 Å². The Morgan fingerprint density at radius 2 is 1.73 bits per heavy atom. The van der Waals surface area contributed by atoms with Gasteiger partial charge in [0, 0.05) is 0 Å². The summed E-state index contributed by atoms with van der Waals surface area (Å²) in [5.74, 6) is 0.188. The first kappa shape index (κ1) is 12.2. The van der Waals surface area contributed by atoms with Crippen LogP contribution >= 0.6 is 7.91 Å². The molecule has 1 aromatic rings. The zero-order chi connectivity index (χ0) is 11.5. The van der Waals surface area contributed by atoms with Crippen LogP contribution in [0.4, 0.5) is 4.20 Å². The van der Waals surface area contributed by atoms with Gasteiger partial charge in [-0.1, -0.05) is 18.2 Å². The molecule has 0 saturated heterocycles. The van der Waals surface area contributed by atoms with Gasteiger partial charge < -0.3 is 4.52 Å². The molecule has 0 amide bonds. The van der Waals surface area contributed by atoms with Crippen molar-refractivity contribution in [1.29, 1.82) is 0 Å². The maximum Gasteiger partial charge on any atom is 0.570 e. The molecule has 5 heteroatoms. The minimum atomic E-state index is -4.54. The van der Waals surface area contributed by atoms with Crippen molar-refractivity contribution < 1.29 is 17.8 Å².